The van der Waals surface area contributed by atoms with Gasteiger partial charge in [0.2, 0.25) is 0 Å². The van der Waals surface area contributed by atoms with Gasteiger partial charge < -0.3 is 11.1 Å². The van der Waals surface area contributed by atoms with Crippen molar-refractivity contribution in [3.63, 3.8) is 0 Å². The predicted molar refractivity (Wildman–Crippen MR) is 88.8 cm³/mol. The van der Waals surface area contributed by atoms with Crippen molar-refractivity contribution in [2.24, 2.45) is 5.73 Å². The highest BCUT2D eigenvalue weighted by atomic mass is 79.9. The maximum atomic E-state index is 14.4. The van der Waals surface area contributed by atoms with Crippen LogP contribution in [0.1, 0.15) is 24.4 Å². The largest absolute Gasteiger partial charge is 0.389 e. The third kappa shape index (κ3) is 2.99. The van der Waals surface area contributed by atoms with E-state index in [-0.39, 0.29) is 9.46 Å². The molecule has 7 heteroatoms. The van der Waals surface area contributed by atoms with Gasteiger partial charge in [-0.25, -0.2) is 9.37 Å². The number of halogens is 2. The minimum Gasteiger partial charge on any atom is -0.389 e. The zero-order valence-electron chi connectivity index (χ0n) is 10.9. The van der Waals surface area contributed by atoms with Crippen molar-refractivity contribution in [3.8, 4) is 0 Å². The monoisotopic (exact) mass is 373 g/mol. The lowest BCUT2D eigenvalue weighted by molar-refractivity contribution is 0.578. The summed E-state index contributed by atoms with van der Waals surface area (Å²) in [7, 11) is 0. The van der Waals surface area contributed by atoms with Crippen molar-refractivity contribution >= 4 is 50.2 Å². The fraction of sp³-hybridized carbons (Fsp3) is 0.231. The second-order valence-electron chi connectivity index (χ2n) is 4.74. The Morgan fingerprint density at radius 2 is 2.20 bits per heavy atom. The molecule has 0 fully saturated rings. The average molecular weight is 374 g/mol. The molecule has 0 spiro atoms. The third-order valence-corrected chi connectivity index (χ3v) is 4.85. The topological polar surface area (TPSA) is 50.9 Å². The lowest BCUT2D eigenvalue weighted by Crippen LogP contribution is -2.28. The molecule has 106 valence electrons. The molecule has 0 aliphatic carbocycles. The number of aromatic nitrogens is 1. The third-order valence-electron chi connectivity index (χ3n) is 2.76. The minimum atomic E-state index is -0.473. The van der Waals surface area contributed by atoms with Gasteiger partial charge in [0, 0.05) is 17.1 Å². The van der Waals surface area contributed by atoms with E-state index in [4.69, 9.17) is 18.0 Å². The molecule has 0 saturated heterocycles. The molecule has 3 N–H and O–H groups in total. The Labute approximate surface area is 134 Å². The van der Waals surface area contributed by atoms with Crippen molar-refractivity contribution in [3.05, 3.63) is 44.6 Å². The molecule has 0 aliphatic rings. The van der Waals surface area contributed by atoms with Gasteiger partial charge in [0.1, 0.15) is 10.00 Å². The number of thiocarbonyl (C=S) groups is 1. The normalized spacial score (nSPS) is 11.4. The van der Waals surface area contributed by atoms with E-state index in [0.29, 0.717) is 11.3 Å². The van der Waals surface area contributed by atoms with E-state index in [1.54, 1.807) is 18.3 Å². The molecule has 0 bridgehead atoms. The van der Waals surface area contributed by atoms with Gasteiger partial charge in [-0.1, -0.05) is 12.2 Å². The molecule has 2 rings (SSSR count). The number of anilines is 1. The molecule has 0 amide bonds. The first-order valence-electron chi connectivity index (χ1n) is 5.79. The molecule has 3 nitrogen and oxygen atoms in total. The van der Waals surface area contributed by atoms with Gasteiger partial charge in [-0.3, -0.25) is 0 Å². The summed E-state index contributed by atoms with van der Waals surface area (Å²) in [5.74, 6) is -0.417. The number of hydrogen-bond donors (Lipinski definition) is 2. The molecule has 2 aromatic rings. The van der Waals surface area contributed by atoms with Gasteiger partial charge in [-0.05, 0) is 41.9 Å². The maximum absolute atomic E-state index is 14.4. The quantitative estimate of drug-likeness (QED) is 0.794. The van der Waals surface area contributed by atoms with Gasteiger partial charge in [-0.15, -0.1) is 11.3 Å². The van der Waals surface area contributed by atoms with Crippen LogP contribution in [0.25, 0.3) is 0 Å². The highest BCUT2D eigenvalue weighted by molar-refractivity contribution is 9.10. The molecule has 1 aromatic heterocycles. The Hall–Kier alpha value is -1.05. The summed E-state index contributed by atoms with van der Waals surface area (Å²) >= 11 is 9.59. The van der Waals surface area contributed by atoms with Crippen molar-refractivity contribution in [2.75, 3.05) is 5.32 Å². The Kier molecular flexibility index (Phi) is 4.41. The zero-order chi connectivity index (χ0) is 14.9. The number of thiazole rings is 1. The van der Waals surface area contributed by atoms with Crippen LogP contribution in [0.15, 0.2) is 28.2 Å². The summed E-state index contributed by atoms with van der Waals surface area (Å²) < 4.78 is 14.6. The number of benzene rings is 1. The average Bonchev–Trinajstić information content (AvgIpc) is 2.89. The highest BCUT2D eigenvalue weighted by Crippen LogP contribution is 2.32. The first-order valence-corrected chi connectivity index (χ1v) is 7.87. The second kappa shape index (κ2) is 5.75. The van der Waals surface area contributed by atoms with Crippen LogP contribution >= 0.6 is 39.5 Å². The van der Waals surface area contributed by atoms with E-state index in [1.165, 1.54) is 11.3 Å². The van der Waals surface area contributed by atoms with Crippen molar-refractivity contribution in [1.29, 1.82) is 0 Å². The van der Waals surface area contributed by atoms with Crippen molar-refractivity contribution < 1.29 is 4.39 Å². The predicted octanol–water partition coefficient (Wildman–Crippen LogP) is 4.03. The van der Waals surface area contributed by atoms with Crippen LogP contribution in [0.3, 0.4) is 0 Å². The summed E-state index contributed by atoms with van der Waals surface area (Å²) in [4.78, 5) is 4.42. The number of nitrogens with one attached hydrogen (secondary N) is 1. The lowest BCUT2D eigenvalue weighted by Gasteiger charge is -2.26. The van der Waals surface area contributed by atoms with E-state index in [9.17, 15) is 4.39 Å². The Morgan fingerprint density at radius 3 is 2.75 bits per heavy atom. The van der Waals surface area contributed by atoms with E-state index in [1.807, 2.05) is 19.2 Å². The molecule has 20 heavy (non-hydrogen) atoms. The van der Waals surface area contributed by atoms with E-state index >= 15 is 0 Å². The SMILES string of the molecule is CC(C)(Nc1ccc(C(N)=S)c(Br)c1F)c1nccs1. The molecular formula is C13H13BrFN3S2. The van der Waals surface area contributed by atoms with E-state index < -0.39 is 11.4 Å². The molecule has 0 aliphatic heterocycles. The van der Waals surface area contributed by atoms with Crippen LogP contribution in [0.5, 0.6) is 0 Å². The molecule has 0 atom stereocenters. The Bertz CT molecular complexity index is 641. The van der Waals surface area contributed by atoms with Crippen LogP contribution in [-0.2, 0) is 5.54 Å². The second-order valence-corrected chi connectivity index (χ2v) is 6.87. The van der Waals surface area contributed by atoms with Crippen LogP contribution in [0.2, 0.25) is 0 Å². The first kappa shape index (κ1) is 15.3. The van der Waals surface area contributed by atoms with Crippen molar-refractivity contribution in [2.45, 2.75) is 19.4 Å². The summed E-state index contributed by atoms with van der Waals surface area (Å²) in [6.45, 7) is 3.89. The van der Waals surface area contributed by atoms with Gasteiger partial charge in [0.25, 0.3) is 0 Å². The number of nitrogens with zero attached hydrogens (tertiary/aromatic N) is 1. The maximum Gasteiger partial charge on any atom is 0.161 e. The summed E-state index contributed by atoms with van der Waals surface area (Å²) in [6.07, 6.45) is 1.73. The molecule has 1 heterocycles. The zero-order valence-corrected chi connectivity index (χ0v) is 14.1. The summed E-state index contributed by atoms with van der Waals surface area (Å²) in [6, 6.07) is 3.32. The smallest absolute Gasteiger partial charge is 0.161 e. The number of hydrogen-bond acceptors (Lipinski definition) is 4. The van der Waals surface area contributed by atoms with Crippen LogP contribution < -0.4 is 11.1 Å². The highest BCUT2D eigenvalue weighted by Gasteiger charge is 2.25. The van der Waals surface area contributed by atoms with Crippen LogP contribution in [0, 0.1) is 5.82 Å². The molecular weight excluding hydrogens is 361 g/mol. The Balaban J connectivity index is 2.36. The number of nitrogens with two attached hydrogens (primary N) is 1. The molecule has 0 unspecified atom stereocenters. The number of rotatable bonds is 4. The fourth-order valence-corrected chi connectivity index (χ4v) is 3.34. The standard InChI is InChI=1S/C13H13BrFN3S2/c1-13(2,12-17-5-6-20-12)18-8-4-3-7(11(16)19)9(14)10(8)15/h3-6,18H,1-2H3,(H2,16,19). The van der Waals surface area contributed by atoms with Gasteiger partial charge >= 0.3 is 0 Å². The van der Waals surface area contributed by atoms with E-state index in [2.05, 4.69) is 26.2 Å². The van der Waals surface area contributed by atoms with Gasteiger partial charge in [-0.2, -0.15) is 0 Å². The molecule has 0 radical (unpaired) electrons. The van der Waals surface area contributed by atoms with Crippen LogP contribution in [-0.4, -0.2) is 9.97 Å². The minimum absolute atomic E-state index is 0.154. The fourth-order valence-electron chi connectivity index (χ4n) is 1.76. The summed E-state index contributed by atoms with van der Waals surface area (Å²) in [5, 5.41) is 5.93. The molecule has 0 saturated carbocycles. The van der Waals surface area contributed by atoms with Gasteiger partial charge in [0.15, 0.2) is 5.82 Å². The van der Waals surface area contributed by atoms with E-state index in [0.717, 1.165) is 5.01 Å². The van der Waals surface area contributed by atoms with Gasteiger partial charge in [0.05, 0.1) is 15.7 Å². The van der Waals surface area contributed by atoms with Crippen LogP contribution in [0.4, 0.5) is 10.1 Å². The summed E-state index contributed by atoms with van der Waals surface area (Å²) in [5.41, 5.74) is 5.92. The molecule has 1 aromatic carbocycles. The van der Waals surface area contributed by atoms with Crippen molar-refractivity contribution in [1.82, 2.24) is 4.98 Å². The Morgan fingerprint density at radius 1 is 1.50 bits per heavy atom. The lowest BCUT2D eigenvalue weighted by atomic mass is 10.1. The first-order chi connectivity index (χ1) is 9.33.